The third-order valence-corrected chi connectivity index (χ3v) is 9.41. The normalized spacial score (nSPS) is 25.2. The van der Waals surface area contributed by atoms with Crippen LogP contribution in [0, 0.1) is 16.7 Å². The number of anilines is 1. The highest BCUT2D eigenvalue weighted by atomic mass is 16.5. The van der Waals surface area contributed by atoms with E-state index in [0.717, 1.165) is 51.3 Å². The zero-order valence-electron chi connectivity index (χ0n) is 25.0. The maximum atomic E-state index is 14.6. The summed E-state index contributed by atoms with van der Waals surface area (Å²) in [5.41, 5.74) is 7.34. The molecule has 0 unspecified atom stereocenters. The van der Waals surface area contributed by atoms with E-state index in [1.54, 1.807) is 11.0 Å². The molecule has 3 heterocycles. The molecule has 216 valence electrons. The molecule has 3 aliphatic rings. The molecule has 0 aromatic heterocycles. The Morgan fingerprint density at radius 3 is 2.31 bits per heavy atom. The number of likely N-dealkylation sites (tertiary alicyclic amines) is 1. The predicted molar refractivity (Wildman–Crippen MR) is 154 cm³/mol. The number of hydrogen-bond acceptors (Lipinski definition) is 6. The molecule has 8 heteroatoms. The van der Waals surface area contributed by atoms with E-state index >= 15 is 0 Å². The zero-order valence-corrected chi connectivity index (χ0v) is 25.0. The first-order chi connectivity index (χ1) is 18.3. The zero-order chi connectivity index (χ0) is 28.7. The van der Waals surface area contributed by atoms with Gasteiger partial charge in [0.05, 0.1) is 12.0 Å². The molecule has 1 aromatic carbocycles. The van der Waals surface area contributed by atoms with Crippen molar-refractivity contribution in [3.05, 3.63) is 29.3 Å². The second-order valence-corrected chi connectivity index (χ2v) is 13.4. The van der Waals surface area contributed by atoms with Crippen molar-refractivity contribution in [2.45, 2.75) is 79.4 Å². The number of rotatable bonds is 8. The molecule has 4 atom stereocenters. The fourth-order valence-electron chi connectivity index (χ4n) is 6.66. The van der Waals surface area contributed by atoms with Gasteiger partial charge in [0, 0.05) is 49.9 Å². The van der Waals surface area contributed by atoms with Gasteiger partial charge in [-0.25, -0.2) is 0 Å². The number of benzene rings is 1. The van der Waals surface area contributed by atoms with Crippen LogP contribution < -0.4 is 10.6 Å². The van der Waals surface area contributed by atoms with Crippen LogP contribution in [0.25, 0.3) is 0 Å². The number of Topliss-reactive ketones (excluding diaryl/α,β-unsaturated/α-hetero) is 1. The van der Waals surface area contributed by atoms with E-state index in [-0.39, 0.29) is 35.7 Å². The summed E-state index contributed by atoms with van der Waals surface area (Å²) in [7, 11) is 0. The number of nitrogens with zero attached hydrogens (tertiary/aromatic N) is 3. The van der Waals surface area contributed by atoms with E-state index in [1.807, 2.05) is 12.1 Å². The number of primary amides is 1. The molecular weight excluding hydrogens is 492 g/mol. The third-order valence-electron chi connectivity index (χ3n) is 9.41. The number of nitrogens with two attached hydrogens (primary N) is 1. The average Bonchev–Trinajstić information content (AvgIpc) is 3.45. The van der Waals surface area contributed by atoms with Crippen molar-refractivity contribution in [1.29, 1.82) is 0 Å². The second kappa shape index (κ2) is 11.2. The number of ketones is 1. The van der Waals surface area contributed by atoms with Crippen molar-refractivity contribution in [1.82, 2.24) is 9.80 Å². The van der Waals surface area contributed by atoms with Crippen LogP contribution in [0.3, 0.4) is 0 Å². The Balaban J connectivity index is 1.75. The maximum Gasteiger partial charge on any atom is 0.249 e. The molecule has 0 aliphatic carbocycles. The Morgan fingerprint density at radius 1 is 1.08 bits per heavy atom. The molecule has 0 spiro atoms. The lowest BCUT2D eigenvalue weighted by Crippen LogP contribution is -2.48. The number of piperazine rings is 1. The van der Waals surface area contributed by atoms with Crippen molar-refractivity contribution in [3.63, 3.8) is 0 Å². The summed E-state index contributed by atoms with van der Waals surface area (Å²) < 4.78 is 5.96. The van der Waals surface area contributed by atoms with Crippen molar-refractivity contribution in [2.24, 2.45) is 22.5 Å². The van der Waals surface area contributed by atoms with Gasteiger partial charge >= 0.3 is 0 Å². The lowest BCUT2D eigenvalue weighted by molar-refractivity contribution is -0.140. The number of carbonyl (C=O) groups excluding carboxylic acids is 3. The van der Waals surface area contributed by atoms with Gasteiger partial charge in [-0.3, -0.25) is 19.3 Å². The molecular formula is C31H48N4O4. The highest BCUT2D eigenvalue weighted by molar-refractivity contribution is 5.99. The predicted octanol–water partition coefficient (Wildman–Crippen LogP) is 3.68. The Bertz CT molecular complexity index is 1090. The summed E-state index contributed by atoms with van der Waals surface area (Å²) in [6.07, 6.45) is 1.56. The number of amides is 2. The van der Waals surface area contributed by atoms with Gasteiger partial charge in [-0.05, 0) is 54.0 Å². The maximum absolute atomic E-state index is 14.6. The van der Waals surface area contributed by atoms with E-state index in [4.69, 9.17) is 10.5 Å². The summed E-state index contributed by atoms with van der Waals surface area (Å²) in [5, 5.41) is 0. The van der Waals surface area contributed by atoms with Crippen molar-refractivity contribution >= 4 is 23.3 Å². The van der Waals surface area contributed by atoms with Gasteiger partial charge in [-0.2, -0.15) is 0 Å². The SMILES string of the molecule is CCCN1CCN(c2ccc(C(N)=O)c([C@@H](C(=O)N3C[C@@H](C(C)(C)C)[C@H]4OCC(=O)[C@H]43)C(C)(C)CC)c2)CC1. The van der Waals surface area contributed by atoms with Gasteiger partial charge in [0.15, 0.2) is 5.78 Å². The first-order valence-corrected chi connectivity index (χ1v) is 14.7. The first kappa shape index (κ1) is 29.5. The molecule has 2 amide bonds. The molecule has 3 aliphatic heterocycles. The lowest BCUT2D eigenvalue weighted by atomic mass is 9.71. The number of ether oxygens (including phenoxy) is 1. The molecule has 0 bridgehead atoms. The highest BCUT2D eigenvalue weighted by Gasteiger charge is 2.56. The molecule has 4 rings (SSSR count). The van der Waals surface area contributed by atoms with E-state index < -0.39 is 23.3 Å². The van der Waals surface area contributed by atoms with Gasteiger partial charge in [-0.15, -0.1) is 0 Å². The number of carbonyl (C=O) groups is 3. The fourth-order valence-corrected chi connectivity index (χ4v) is 6.66. The Kier molecular flexibility index (Phi) is 8.48. The molecule has 8 nitrogen and oxygen atoms in total. The monoisotopic (exact) mass is 540 g/mol. The summed E-state index contributed by atoms with van der Waals surface area (Å²) in [5.74, 6) is -1.28. The summed E-state index contributed by atoms with van der Waals surface area (Å²) >= 11 is 0. The van der Waals surface area contributed by atoms with Crippen molar-refractivity contribution in [2.75, 3.05) is 50.8 Å². The van der Waals surface area contributed by atoms with Crippen molar-refractivity contribution < 1.29 is 19.1 Å². The molecule has 39 heavy (non-hydrogen) atoms. The minimum absolute atomic E-state index is 0.0398. The largest absolute Gasteiger partial charge is 0.369 e. The van der Waals surface area contributed by atoms with Gasteiger partial charge in [0.25, 0.3) is 0 Å². The smallest absolute Gasteiger partial charge is 0.249 e. The average molecular weight is 541 g/mol. The van der Waals surface area contributed by atoms with Crippen LogP contribution in [0.5, 0.6) is 0 Å². The van der Waals surface area contributed by atoms with E-state index in [0.29, 0.717) is 17.7 Å². The summed E-state index contributed by atoms with van der Waals surface area (Å²) in [6, 6.07) is 5.17. The van der Waals surface area contributed by atoms with Crippen LogP contribution in [-0.2, 0) is 14.3 Å². The van der Waals surface area contributed by atoms with Crippen molar-refractivity contribution in [3.8, 4) is 0 Å². The van der Waals surface area contributed by atoms with Crippen LogP contribution in [0.1, 0.15) is 83.1 Å². The molecule has 3 saturated heterocycles. The minimum Gasteiger partial charge on any atom is -0.369 e. The summed E-state index contributed by atoms with van der Waals surface area (Å²) in [6.45, 7) is 20.2. The van der Waals surface area contributed by atoms with Crippen LogP contribution in [0.2, 0.25) is 0 Å². The molecule has 3 fully saturated rings. The van der Waals surface area contributed by atoms with Gasteiger partial charge < -0.3 is 20.3 Å². The quantitative estimate of drug-likeness (QED) is 0.541. The third kappa shape index (κ3) is 5.73. The lowest BCUT2D eigenvalue weighted by Gasteiger charge is -2.39. The Labute approximate surface area is 234 Å². The minimum atomic E-state index is -0.626. The molecule has 1 aromatic rings. The molecule has 0 saturated carbocycles. The fraction of sp³-hybridized carbons (Fsp3) is 0.710. The molecule has 0 radical (unpaired) electrons. The van der Waals surface area contributed by atoms with E-state index in [9.17, 15) is 14.4 Å². The first-order valence-electron chi connectivity index (χ1n) is 14.7. The van der Waals surface area contributed by atoms with Crippen LogP contribution in [-0.4, -0.2) is 85.4 Å². The molecule has 2 N–H and O–H groups in total. The van der Waals surface area contributed by atoms with Gasteiger partial charge in [0.2, 0.25) is 11.8 Å². The van der Waals surface area contributed by atoms with E-state index in [2.05, 4.69) is 58.3 Å². The standard InChI is InChI=1S/C31H48N4O4/c1-8-12-33-13-15-34(16-14-33)20-10-11-21(28(32)37)22(17-20)25(31(6,7)9-2)29(38)35-18-23(30(3,4)5)27-26(35)24(36)19-39-27/h10-11,17,23,25-27H,8-9,12-16,18-19H2,1-7H3,(H2,32,37)/t23-,25+,26-,27-/m1/s1. The van der Waals surface area contributed by atoms with Crippen LogP contribution in [0.4, 0.5) is 5.69 Å². The van der Waals surface area contributed by atoms with Gasteiger partial charge in [-0.1, -0.05) is 48.5 Å². The van der Waals surface area contributed by atoms with E-state index in [1.165, 1.54) is 0 Å². The Hall–Kier alpha value is -2.45. The second-order valence-electron chi connectivity index (χ2n) is 13.4. The highest BCUT2D eigenvalue weighted by Crippen LogP contribution is 2.47. The number of hydrogen-bond donors (Lipinski definition) is 1. The topological polar surface area (TPSA) is 96.2 Å². The summed E-state index contributed by atoms with van der Waals surface area (Å²) in [4.78, 5) is 46.9. The van der Waals surface area contributed by atoms with Gasteiger partial charge in [0.1, 0.15) is 12.6 Å². The number of fused-ring (bicyclic) bond motifs is 1. The Morgan fingerprint density at radius 2 is 1.74 bits per heavy atom. The van der Waals surface area contributed by atoms with Crippen LogP contribution >= 0.6 is 0 Å². The van der Waals surface area contributed by atoms with Crippen LogP contribution in [0.15, 0.2) is 18.2 Å².